The number of carbonyl (C=O) groups excluding carboxylic acids is 1. The molecule has 152 valence electrons. The molecular weight excluding hydrogens is 378 g/mol. The second-order valence-electron chi connectivity index (χ2n) is 7.59. The Morgan fingerprint density at radius 2 is 2.17 bits per heavy atom. The van der Waals surface area contributed by atoms with Gasteiger partial charge in [-0.25, -0.2) is 9.97 Å². The largest absolute Gasteiger partial charge is 0.383 e. The summed E-state index contributed by atoms with van der Waals surface area (Å²) < 4.78 is 7.73. The van der Waals surface area contributed by atoms with Crippen molar-refractivity contribution in [3.63, 3.8) is 0 Å². The van der Waals surface area contributed by atoms with Gasteiger partial charge in [-0.1, -0.05) is 6.07 Å². The van der Waals surface area contributed by atoms with Crippen LogP contribution in [0.3, 0.4) is 0 Å². The summed E-state index contributed by atoms with van der Waals surface area (Å²) in [4.78, 5) is 24.2. The Morgan fingerprint density at radius 1 is 1.30 bits per heavy atom. The predicted octanol–water partition coefficient (Wildman–Crippen LogP) is 3.72. The lowest BCUT2D eigenvalue weighted by atomic mass is 10.00. The minimum Gasteiger partial charge on any atom is -0.383 e. The molecule has 1 amide bonds. The third kappa shape index (κ3) is 2.98. The van der Waals surface area contributed by atoms with Gasteiger partial charge in [0.05, 0.1) is 30.5 Å². The van der Waals surface area contributed by atoms with Crippen molar-refractivity contribution in [2.45, 2.75) is 33.1 Å². The van der Waals surface area contributed by atoms with Crippen LogP contribution in [0.15, 0.2) is 48.8 Å². The lowest BCUT2D eigenvalue weighted by Crippen LogP contribution is -2.30. The molecular formula is C23H23N5O2. The molecule has 2 N–H and O–H groups in total. The number of pyridine rings is 2. The Labute approximate surface area is 174 Å². The van der Waals surface area contributed by atoms with E-state index in [1.54, 1.807) is 4.90 Å². The fourth-order valence-electron chi connectivity index (χ4n) is 4.17. The first-order valence-corrected chi connectivity index (χ1v) is 10.1. The molecule has 0 unspecified atom stereocenters. The summed E-state index contributed by atoms with van der Waals surface area (Å²) in [6.45, 7) is 5.47. The highest BCUT2D eigenvalue weighted by Gasteiger charge is 2.26. The standard InChI is InChI=1S/C23H23N5O2/c1-3-27(11-16-12-28-9-5-4-6-20(28)25-16)23(29)15-7-8-19-17(10-15)18-13-30-14(2)21(18)22(24)26-19/h4-10,12,14H,3,11,13H2,1-2H3,(H2,24,26)/t14-/m1/s1. The number of nitrogens with two attached hydrogens (primary N) is 1. The Morgan fingerprint density at radius 3 is 2.97 bits per heavy atom. The molecule has 30 heavy (non-hydrogen) atoms. The van der Waals surface area contributed by atoms with E-state index in [9.17, 15) is 4.79 Å². The molecule has 4 aromatic rings. The normalized spacial score (nSPS) is 15.6. The lowest BCUT2D eigenvalue weighted by molar-refractivity contribution is 0.0750. The molecule has 3 aromatic heterocycles. The van der Waals surface area contributed by atoms with Crippen LogP contribution in [-0.2, 0) is 17.9 Å². The van der Waals surface area contributed by atoms with E-state index in [0.717, 1.165) is 33.4 Å². The van der Waals surface area contributed by atoms with Gasteiger partial charge in [0.15, 0.2) is 0 Å². The van der Waals surface area contributed by atoms with E-state index in [-0.39, 0.29) is 12.0 Å². The van der Waals surface area contributed by atoms with E-state index >= 15 is 0 Å². The highest BCUT2D eigenvalue weighted by Crippen LogP contribution is 2.38. The van der Waals surface area contributed by atoms with Gasteiger partial charge in [-0.15, -0.1) is 0 Å². The lowest BCUT2D eigenvalue weighted by Gasteiger charge is -2.20. The zero-order chi connectivity index (χ0) is 20.8. The van der Waals surface area contributed by atoms with E-state index in [1.807, 2.05) is 67.0 Å². The van der Waals surface area contributed by atoms with Gasteiger partial charge in [0.1, 0.15) is 11.5 Å². The number of anilines is 1. The average Bonchev–Trinajstić information content (AvgIpc) is 3.35. The van der Waals surface area contributed by atoms with Gasteiger partial charge >= 0.3 is 0 Å². The minimum atomic E-state index is -0.0848. The van der Waals surface area contributed by atoms with Gasteiger partial charge in [0.2, 0.25) is 0 Å². The van der Waals surface area contributed by atoms with Crippen molar-refractivity contribution in [2.24, 2.45) is 0 Å². The molecule has 5 rings (SSSR count). The van der Waals surface area contributed by atoms with Crippen LogP contribution in [0.5, 0.6) is 0 Å². The van der Waals surface area contributed by atoms with Crippen LogP contribution in [0, 0.1) is 0 Å². The van der Waals surface area contributed by atoms with Crippen molar-refractivity contribution < 1.29 is 9.53 Å². The van der Waals surface area contributed by atoms with Crippen LogP contribution < -0.4 is 5.73 Å². The van der Waals surface area contributed by atoms with E-state index in [1.165, 1.54) is 0 Å². The molecule has 0 fully saturated rings. The van der Waals surface area contributed by atoms with Crippen LogP contribution in [0.25, 0.3) is 16.6 Å². The van der Waals surface area contributed by atoms with Gasteiger partial charge < -0.3 is 19.8 Å². The summed E-state index contributed by atoms with van der Waals surface area (Å²) in [5.41, 5.74) is 11.2. The molecule has 0 saturated carbocycles. The molecule has 1 aliphatic heterocycles. The molecule has 1 atom stereocenters. The topological polar surface area (TPSA) is 85.8 Å². The van der Waals surface area contributed by atoms with E-state index < -0.39 is 0 Å². The van der Waals surface area contributed by atoms with E-state index in [2.05, 4.69) is 9.97 Å². The molecule has 0 spiro atoms. The summed E-state index contributed by atoms with van der Waals surface area (Å²) in [6.07, 6.45) is 3.83. The smallest absolute Gasteiger partial charge is 0.254 e. The maximum Gasteiger partial charge on any atom is 0.254 e. The number of nitrogen functional groups attached to an aromatic ring is 1. The fraction of sp³-hybridized carbons (Fsp3) is 0.261. The number of imidazole rings is 1. The zero-order valence-corrected chi connectivity index (χ0v) is 17.0. The van der Waals surface area contributed by atoms with Crippen molar-refractivity contribution in [3.8, 4) is 0 Å². The fourth-order valence-corrected chi connectivity index (χ4v) is 4.17. The van der Waals surface area contributed by atoms with Gasteiger partial charge in [-0.2, -0.15) is 0 Å². The molecule has 0 saturated heterocycles. The van der Waals surface area contributed by atoms with Gasteiger partial charge in [-0.05, 0) is 49.7 Å². The number of amides is 1. The minimum absolute atomic E-state index is 0.0333. The first kappa shape index (κ1) is 18.6. The second kappa shape index (κ2) is 7.11. The third-order valence-electron chi connectivity index (χ3n) is 5.73. The number of nitrogens with zero attached hydrogens (tertiary/aromatic N) is 4. The van der Waals surface area contributed by atoms with Gasteiger partial charge in [0, 0.05) is 35.5 Å². The molecule has 1 aromatic carbocycles. The number of rotatable bonds is 4. The molecule has 0 radical (unpaired) electrons. The Balaban J connectivity index is 1.49. The second-order valence-corrected chi connectivity index (χ2v) is 7.59. The summed E-state index contributed by atoms with van der Waals surface area (Å²) in [7, 11) is 0. The Hall–Kier alpha value is -3.45. The van der Waals surface area contributed by atoms with E-state index in [4.69, 9.17) is 10.5 Å². The quantitative estimate of drug-likeness (QED) is 0.563. The van der Waals surface area contributed by atoms with Crippen molar-refractivity contribution in [2.75, 3.05) is 12.3 Å². The number of hydrogen-bond acceptors (Lipinski definition) is 5. The highest BCUT2D eigenvalue weighted by atomic mass is 16.5. The summed E-state index contributed by atoms with van der Waals surface area (Å²) >= 11 is 0. The van der Waals surface area contributed by atoms with Crippen LogP contribution in [0.4, 0.5) is 5.82 Å². The van der Waals surface area contributed by atoms with Gasteiger partial charge in [0.25, 0.3) is 5.91 Å². The summed E-state index contributed by atoms with van der Waals surface area (Å²) in [5, 5.41) is 0.929. The first-order chi connectivity index (χ1) is 14.5. The predicted molar refractivity (Wildman–Crippen MR) is 115 cm³/mol. The number of ether oxygens (including phenoxy) is 1. The maximum absolute atomic E-state index is 13.3. The van der Waals surface area contributed by atoms with Crippen LogP contribution in [0.2, 0.25) is 0 Å². The molecule has 4 heterocycles. The number of benzene rings is 1. The summed E-state index contributed by atoms with van der Waals surface area (Å²) in [6, 6.07) is 11.5. The van der Waals surface area contributed by atoms with Crippen LogP contribution >= 0.6 is 0 Å². The van der Waals surface area contributed by atoms with Gasteiger partial charge in [-0.3, -0.25) is 4.79 Å². The van der Waals surface area contributed by atoms with Crippen LogP contribution in [0.1, 0.15) is 47.1 Å². The average molecular weight is 401 g/mol. The molecule has 0 bridgehead atoms. The van der Waals surface area contributed by atoms with Crippen molar-refractivity contribution >= 4 is 28.3 Å². The Kier molecular flexibility index (Phi) is 4.40. The third-order valence-corrected chi connectivity index (χ3v) is 5.73. The maximum atomic E-state index is 13.3. The zero-order valence-electron chi connectivity index (χ0n) is 17.0. The number of carbonyl (C=O) groups is 1. The monoisotopic (exact) mass is 401 g/mol. The van der Waals surface area contributed by atoms with Crippen molar-refractivity contribution in [3.05, 3.63) is 71.2 Å². The summed E-state index contributed by atoms with van der Waals surface area (Å²) in [5.74, 6) is 0.470. The SMILES string of the molecule is CCN(Cc1cn2ccccc2n1)C(=O)c1ccc2nc(N)c3c(c2c1)CO[C@@H]3C. The van der Waals surface area contributed by atoms with Crippen molar-refractivity contribution in [1.82, 2.24) is 19.3 Å². The molecule has 0 aliphatic carbocycles. The molecule has 7 nitrogen and oxygen atoms in total. The highest BCUT2D eigenvalue weighted by molar-refractivity contribution is 5.99. The first-order valence-electron chi connectivity index (χ1n) is 10.1. The number of aromatic nitrogens is 3. The van der Waals surface area contributed by atoms with E-state index in [0.29, 0.717) is 31.1 Å². The molecule has 1 aliphatic rings. The molecule has 7 heteroatoms. The Bertz CT molecular complexity index is 1250. The van der Waals surface area contributed by atoms with Crippen molar-refractivity contribution in [1.29, 1.82) is 0 Å². The van der Waals surface area contributed by atoms with Crippen LogP contribution in [-0.4, -0.2) is 31.7 Å². The number of fused-ring (bicyclic) bond motifs is 4. The number of hydrogen-bond donors (Lipinski definition) is 1.